The van der Waals surface area contributed by atoms with Crippen molar-refractivity contribution >= 4 is 0 Å². The fourth-order valence-corrected chi connectivity index (χ4v) is 2.62. The first-order chi connectivity index (χ1) is 9.04. The zero-order valence-corrected chi connectivity index (χ0v) is 11.7. The Morgan fingerprint density at radius 3 is 2.95 bits per heavy atom. The molecule has 1 aromatic rings. The van der Waals surface area contributed by atoms with Crippen LogP contribution >= 0.6 is 0 Å². The number of nitrogens with two attached hydrogens (primary N) is 1. The van der Waals surface area contributed by atoms with Gasteiger partial charge in [0.25, 0.3) is 0 Å². The second-order valence-electron chi connectivity index (χ2n) is 5.57. The molecule has 1 aliphatic rings. The lowest BCUT2D eigenvalue weighted by Gasteiger charge is -2.27. The van der Waals surface area contributed by atoms with E-state index in [4.69, 9.17) is 10.5 Å². The highest BCUT2D eigenvalue weighted by molar-refractivity contribution is 5.29. The van der Waals surface area contributed by atoms with Crippen LogP contribution in [0.5, 0.6) is 0 Å². The highest BCUT2D eigenvalue weighted by Crippen LogP contribution is 2.25. The molecule has 0 radical (unpaired) electrons. The summed E-state index contributed by atoms with van der Waals surface area (Å²) in [6, 6.07) is 4.81. The molecule has 19 heavy (non-hydrogen) atoms. The molecule has 0 amide bonds. The summed E-state index contributed by atoms with van der Waals surface area (Å²) in [7, 11) is 0. The molecular formula is C15H23FN2O. The third kappa shape index (κ3) is 3.53. The maximum Gasteiger partial charge on any atom is 0.123 e. The van der Waals surface area contributed by atoms with E-state index in [1.54, 1.807) is 12.1 Å². The van der Waals surface area contributed by atoms with Crippen LogP contribution in [0.3, 0.4) is 0 Å². The summed E-state index contributed by atoms with van der Waals surface area (Å²) in [5.41, 5.74) is 7.70. The van der Waals surface area contributed by atoms with Gasteiger partial charge in [0.1, 0.15) is 5.82 Å². The summed E-state index contributed by atoms with van der Waals surface area (Å²) in [4.78, 5) is 0. The minimum atomic E-state index is -0.218. The van der Waals surface area contributed by atoms with Gasteiger partial charge in [0.2, 0.25) is 0 Å². The molecule has 1 heterocycles. The fourth-order valence-electron chi connectivity index (χ4n) is 2.62. The van der Waals surface area contributed by atoms with Crippen LogP contribution in [0.4, 0.5) is 4.39 Å². The third-order valence-corrected chi connectivity index (χ3v) is 3.88. The lowest BCUT2D eigenvalue weighted by atomic mass is 9.98. The largest absolute Gasteiger partial charge is 0.374 e. The maximum atomic E-state index is 13.4. The molecule has 3 N–H and O–H groups in total. The Kier molecular flexibility index (Phi) is 4.55. The van der Waals surface area contributed by atoms with Crippen molar-refractivity contribution in [1.82, 2.24) is 5.32 Å². The van der Waals surface area contributed by atoms with E-state index in [0.29, 0.717) is 6.54 Å². The molecule has 0 saturated carbocycles. The molecule has 1 aliphatic heterocycles. The van der Waals surface area contributed by atoms with E-state index in [0.717, 1.165) is 37.1 Å². The van der Waals surface area contributed by atoms with Crippen molar-refractivity contribution in [1.29, 1.82) is 0 Å². The van der Waals surface area contributed by atoms with Gasteiger partial charge in [-0.05, 0) is 49.9 Å². The number of aryl methyl sites for hydroxylation is 1. The van der Waals surface area contributed by atoms with Gasteiger partial charge in [0.05, 0.1) is 5.60 Å². The fraction of sp³-hybridized carbons (Fsp3) is 0.600. The number of halogens is 1. The molecule has 2 rings (SSSR count). The third-order valence-electron chi connectivity index (χ3n) is 3.88. The molecule has 1 fully saturated rings. The maximum absolute atomic E-state index is 13.4. The molecule has 106 valence electrons. The van der Waals surface area contributed by atoms with Gasteiger partial charge in [-0.1, -0.05) is 6.07 Å². The van der Waals surface area contributed by atoms with Crippen LogP contribution in [0.15, 0.2) is 18.2 Å². The van der Waals surface area contributed by atoms with Crippen molar-refractivity contribution in [3.8, 4) is 0 Å². The van der Waals surface area contributed by atoms with E-state index >= 15 is 0 Å². The molecule has 0 aliphatic carbocycles. The van der Waals surface area contributed by atoms with E-state index in [2.05, 4.69) is 12.2 Å². The zero-order chi connectivity index (χ0) is 13.9. The van der Waals surface area contributed by atoms with Gasteiger partial charge in [-0.25, -0.2) is 4.39 Å². The van der Waals surface area contributed by atoms with Crippen LogP contribution in [-0.4, -0.2) is 25.3 Å². The predicted molar refractivity (Wildman–Crippen MR) is 74.5 cm³/mol. The number of hydrogen-bond acceptors (Lipinski definition) is 3. The summed E-state index contributed by atoms with van der Waals surface area (Å²) >= 11 is 0. The van der Waals surface area contributed by atoms with Gasteiger partial charge in [-0.15, -0.1) is 0 Å². The molecule has 3 nitrogen and oxygen atoms in total. The topological polar surface area (TPSA) is 47.3 Å². The Morgan fingerprint density at radius 1 is 1.53 bits per heavy atom. The summed E-state index contributed by atoms with van der Waals surface area (Å²) < 4.78 is 19.1. The van der Waals surface area contributed by atoms with Crippen LogP contribution in [0.25, 0.3) is 0 Å². The lowest BCUT2D eigenvalue weighted by molar-refractivity contribution is 0.0189. The number of nitrogens with one attached hydrogen (secondary N) is 1. The van der Waals surface area contributed by atoms with Crippen molar-refractivity contribution in [2.45, 2.75) is 38.3 Å². The Morgan fingerprint density at radius 2 is 2.32 bits per heavy atom. The first-order valence-electron chi connectivity index (χ1n) is 6.87. The summed E-state index contributed by atoms with van der Waals surface area (Å²) in [5, 5.41) is 3.42. The van der Waals surface area contributed by atoms with Gasteiger partial charge in [0.15, 0.2) is 0 Å². The van der Waals surface area contributed by atoms with Gasteiger partial charge in [0, 0.05) is 25.7 Å². The van der Waals surface area contributed by atoms with Gasteiger partial charge >= 0.3 is 0 Å². The molecular weight excluding hydrogens is 243 g/mol. The Bertz CT molecular complexity index is 430. The smallest absolute Gasteiger partial charge is 0.123 e. The molecule has 2 atom stereocenters. The van der Waals surface area contributed by atoms with E-state index in [1.165, 1.54) is 6.07 Å². The molecule has 0 spiro atoms. The molecule has 1 saturated heterocycles. The van der Waals surface area contributed by atoms with E-state index in [1.807, 2.05) is 6.92 Å². The van der Waals surface area contributed by atoms with Crippen molar-refractivity contribution in [3.05, 3.63) is 35.1 Å². The first kappa shape index (κ1) is 14.4. The van der Waals surface area contributed by atoms with Crippen molar-refractivity contribution in [3.63, 3.8) is 0 Å². The number of hydrogen-bond donors (Lipinski definition) is 2. The Balaban J connectivity index is 2.05. The number of benzene rings is 1. The lowest BCUT2D eigenvalue weighted by Crippen LogP contribution is -2.41. The van der Waals surface area contributed by atoms with Gasteiger partial charge in [-0.3, -0.25) is 0 Å². The average molecular weight is 266 g/mol. The minimum absolute atomic E-state index is 0.0308. The van der Waals surface area contributed by atoms with Crippen LogP contribution in [0.2, 0.25) is 0 Å². The molecule has 0 bridgehead atoms. The molecule has 1 aromatic carbocycles. The van der Waals surface area contributed by atoms with Gasteiger partial charge < -0.3 is 15.8 Å². The highest BCUT2D eigenvalue weighted by Gasteiger charge is 2.30. The van der Waals surface area contributed by atoms with E-state index in [-0.39, 0.29) is 17.5 Å². The van der Waals surface area contributed by atoms with E-state index < -0.39 is 0 Å². The van der Waals surface area contributed by atoms with Crippen LogP contribution in [0.1, 0.15) is 36.9 Å². The quantitative estimate of drug-likeness (QED) is 0.859. The molecule has 0 aromatic heterocycles. The van der Waals surface area contributed by atoms with Crippen LogP contribution in [-0.2, 0) is 4.74 Å². The highest BCUT2D eigenvalue weighted by atomic mass is 19.1. The summed E-state index contributed by atoms with van der Waals surface area (Å²) in [6.45, 7) is 6.10. The van der Waals surface area contributed by atoms with Crippen molar-refractivity contribution in [2.24, 2.45) is 5.73 Å². The number of ether oxygens (including phenoxy) is 1. The minimum Gasteiger partial charge on any atom is -0.374 e. The first-order valence-corrected chi connectivity index (χ1v) is 6.87. The monoisotopic (exact) mass is 266 g/mol. The SMILES string of the molecule is Cc1ccc(F)cc1C(CN)NCC1(C)CCCO1. The molecule has 2 unspecified atom stereocenters. The average Bonchev–Trinajstić information content (AvgIpc) is 2.81. The van der Waals surface area contributed by atoms with E-state index in [9.17, 15) is 4.39 Å². The second kappa shape index (κ2) is 5.99. The zero-order valence-electron chi connectivity index (χ0n) is 11.7. The Hall–Kier alpha value is -0.970. The standard InChI is InChI=1S/C15H23FN2O/c1-11-4-5-12(16)8-13(11)14(9-17)18-10-15(2)6-3-7-19-15/h4-5,8,14,18H,3,6-7,9-10,17H2,1-2H3. The van der Waals surface area contributed by atoms with Crippen LogP contribution < -0.4 is 11.1 Å². The molecule has 4 heteroatoms. The van der Waals surface area contributed by atoms with Crippen molar-refractivity contribution < 1.29 is 9.13 Å². The van der Waals surface area contributed by atoms with Gasteiger partial charge in [-0.2, -0.15) is 0 Å². The second-order valence-corrected chi connectivity index (χ2v) is 5.57. The Labute approximate surface area is 114 Å². The van der Waals surface area contributed by atoms with Crippen molar-refractivity contribution in [2.75, 3.05) is 19.7 Å². The predicted octanol–water partition coefficient (Wildman–Crippen LogP) is 2.29. The summed E-state index contributed by atoms with van der Waals surface area (Å²) in [5.74, 6) is -0.218. The number of rotatable bonds is 5. The summed E-state index contributed by atoms with van der Waals surface area (Å²) in [6.07, 6.45) is 2.16. The normalized spacial score (nSPS) is 24.6. The van der Waals surface area contributed by atoms with Crippen LogP contribution in [0, 0.1) is 12.7 Å².